The smallest absolute Gasteiger partial charge is 0.303 e. The van der Waals surface area contributed by atoms with Gasteiger partial charge in [-0.1, -0.05) is 11.6 Å². The SMILES string of the molecule is CC(=O)c1cc(Cl)nc(N2C(=O)C=C(Br)C2=O)c1.CC1=C(Br)C(=O)N(CCN(CCN2C(=O)C(C)=C(Br)C2=O)C(=O)CCC(=O)O)C1=O. The number of aliphatic carboxylic acids is 1. The van der Waals surface area contributed by atoms with Crippen LogP contribution < -0.4 is 4.90 Å². The molecule has 4 heterocycles. The number of hydrogen-bond donors (Lipinski definition) is 1. The van der Waals surface area contributed by atoms with Crippen LogP contribution in [0.1, 0.15) is 44.0 Å². The molecule has 7 amide bonds. The van der Waals surface area contributed by atoms with Crippen molar-refractivity contribution in [1.29, 1.82) is 0 Å². The Balaban J connectivity index is 0.000000294. The van der Waals surface area contributed by atoms with E-state index in [0.29, 0.717) is 0 Å². The second kappa shape index (κ2) is 16.0. The fraction of sp³-hybridized carbons (Fsp3) is 0.310. The molecule has 0 bridgehead atoms. The van der Waals surface area contributed by atoms with Gasteiger partial charge in [-0.3, -0.25) is 53.0 Å². The minimum absolute atomic E-state index is 0.0356. The zero-order chi connectivity index (χ0) is 36.2. The van der Waals surface area contributed by atoms with Gasteiger partial charge in [-0.05, 0) is 80.7 Å². The number of carbonyl (C=O) groups excluding carboxylic acids is 8. The number of carboxylic acids is 1. The molecule has 0 saturated carbocycles. The third-order valence-electron chi connectivity index (χ3n) is 7.04. The first-order chi connectivity index (χ1) is 22.4. The predicted molar refractivity (Wildman–Crippen MR) is 179 cm³/mol. The number of carboxylic acid groups (broad SMARTS) is 1. The Morgan fingerprint density at radius 3 is 1.69 bits per heavy atom. The first-order valence-electron chi connectivity index (χ1n) is 13.8. The maximum Gasteiger partial charge on any atom is 0.303 e. The summed E-state index contributed by atoms with van der Waals surface area (Å²) in [5.74, 6) is -4.96. The van der Waals surface area contributed by atoms with Crippen LogP contribution in [-0.2, 0) is 38.4 Å². The molecule has 0 spiro atoms. The van der Waals surface area contributed by atoms with Crippen LogP contribution in [0.15, 0.2) is 42.8 Å². The van der Waals surface area contributed by atoms with Gasteiger partial charge in [0, 0.05) is 55.4 Å². The molecular formula is C29H25Br3ClN5O10. The molecule has 15 nitrogen and oxygen atoms in total. The van der Waals surface area contributed by atoms with E-state index in [2.05, 4.69) is 52.8 Å². The lowest BCUT2D eigenvalue weighted by Crippen LogP contribution is -2.45. The van der Waals surface area contributed by atoms with Gasteiger partial charge in [-0.15, -0.1) is 0 Å². The first-order valence-corrected chi connectivity index (χ1v) is 16.5. The van der Waals surface area contributed by atoms with Gasteiger partial charge in [-0.2, -0.15) is 0 Å². The predicted octanol–water partition coefficient (Wildman–Crippen LogP) is 2.84. The van der Waals surface area contributed by atoms with Crippen molar-refractivity contribution in [1.82, 2.24) is 19.7 Å². The molecule has 0 saturated heterocycles. The molecule has 3 aliphatic heterocycles. The van der Waals surface area contributed by atoms with Gasteiger partial charge < -0.3 is 10.0 Å². The van der Waals surface area contributed by atoms with E-state index in [4.69, 9.17) is 16.7 Å². The lowest BCUT2D eigenvalue weighted by Gasteiger charge is -2.27. The van der Waals surface area contributed by atoms with Crippen molar-refractivity contribution in [2.75, 3.05) is 31.1 Å². The lowest BCUT2D eigenvalue weighted by molar-refractivity contribution is -0.142. The highest BCUT2D eigenvalue weighted by molar-refractivity contribution is 9.12. The number of halogens is 4. The standard InChI is InChI=1S/C18H19Br2N3O7.C11H6BrClN2O3/c1-9-13(19)17(29)22(15(9)27)7-5-21(11(24)3-4-12(25)26)6-8-23-16(28)10(2)14(20)18(23)30;1-5(16)6-2-8(13)14-9(3-6)15-10(17)4-7(12)11(15)18/h3-8H2,1-2H3,(H,25,26);2-4H,1H3. The molecule has 3 aliphatic rings. The Hall–Kier alpha value is -3.87. The summed E-state index contributed by atoms with van der Waals surface area (Å²) in [6, 6.07) is 2.73. The van der Waals surface area contributed by atoms with Crippen LogP contribution in [0.25, 0.3) is 0 Å². The largest absolute Gasteiger partial charge is 0.481 e. The van der Waals surface area contributed by atoms with Crippen molar-refractivity contribution in [2.45, 2.75) is 33.6 Å². The summed E-state index contributed by atoms with van der Waals surface area (Å²) in [6.45, 7) is 4.02. The van der Waals surface area contributed by atoms with Crippen molar-refractivity contribution in [3.63, 3.8) is 0 Å². The molecule has 254 valence electrons. The number of rotatable bonds is 11. The maximum absolute atomic E-state index is 12.5. The van der Waals surface area contributed by atoms with Gasteiger partial charge in [0.05, 0.1) is 19.9 Å². The van der Waals surface area contributed by atoms with Gasteiger partial charge in [0.2, 0.25) is 5.91 Å². The molecule has 19 heteroatoms. The van der Waals surface area contributed by atoms with Crippen molar-refractivity contribution in [3.8, 4) is 0 Å². The minimum Gasteiger partial charge on any atom is -0.481 e. The molecule has 0 fully saturated rings. The molecule has 1 aromatic heterocycles. The molecule has 0 unspecified atom stereocenters. The molecule has 0 atom stereocenters. The monoisotopic (exact) mass is 875 g/mol. The van der Waals surface area contributed by atoms with Gasteiger partial charge in [0.25, 0.3) is 35.4 Å². The van der Waals surface area contributed by atoms with Gasteiger partial charge in [0.15, 0.2) is 5.78 Å². The van der Waals surface area contributed by atoms with Crippen molar-refractivity contribution >= 4 is 118 Å². The summed E-state index contributed by atoms with van der Waals surface area (Å²) >= 11 is 14.8. The Labute approximate surface area is 303 Å². The fourth-order valence-corrected chi connectivity index (χ4v) is 5.72. The number of pyridine rings is 1. The topological polar surface area (TPSA) is 200 Å². The molecular weight excluding hydrogens is 854 g/mol. The number of anilines is 1. The van der Waals surface area contributed by atoms with E-state index in [9.17, 15) is 43.2 Å². The number of Topliss-reactive ketones (excluding diaryl/α,β-unsaturated/α-hetero) is 1. The number of imide groups is 3. The highest BCUT2D eigenvalue weighted by Crippen LogP contribution is 2.27. The highest BCUT2D eigenvalue weighted by atomic mass is 79.9. The summed E-state index contributed by atoms with van der Waals surface area (Å²) in [5, 5.41) is 8.86. The molecule has 48 heavy (non-hydrogen) atoms. The summed E-state index contributed by atoms with van der Waals surface area (Å²) in [4.78, 5) is 115. The van der Waals surface area contributed by atoms with Crippen molar-refractivity contribution < 1.29 is 48.3 Å². The van der Waals surface area contributed by atoms with Crippen molar-refractivity contribution in [2.24, 2.45) is 0 Å². The summed E-state index contributed by atoms with van der Waals surface area (Å²) in [6.07, 6.45) is 0.455. The second-order valence-electron chi connectivity index (χ2n) is 10.2. The molecule has 1 aromatic rings. The molecule has 1 N–H and O–H groups in total. The van der Waals surface area contributed by atoms with E-state index < -0.39 is 53.7 Å². The Bertz CT molecular complexity index is 1670. The van der Waals surface area contributed by atoms with Crippen LogP contribution in [0.3, 0.4) is 0 Å². The normalized spacial score (nSPS) is 16.3. The summed E-state index contributed by atoms with van der Waals surface area (Å²) in [7, 11) is 0. The molecule has 4 rings (SSSR count). The van der Waals surface area contributed by atoms with Crippen molar-refractivity contribution in [3.05, 3.63) is 53.5 Å². The Morgan fingerprint density at radius 2 is 1.31 bits per heavy atom. The van der Waals surface area contributed by atoms with Crippen LogP contribution in [-0.4, -0.2) is 104 Å². The van der Waals surface area contributed by atoms with E-state index in [1.165, 1.54) is 37.8 Å². The zero-order valence-electron chi connectivity index (χ0n) is 25.3. The van der Waals surface area contributed by atoms with E-state index in [1.54, 1.807) is 0 Å². The molecule has 0 aliphatic carbocycles. The Kier molecular flexibility index (Phi) is 12.9. The highest BCUT2D eigenvalue weighted by Gasteiger charge is 2.37. The minimum atomic E-state index is -1.15. The van der Waals surface area contributed by atoms with Crippen LogP contribution in [0, 0.1) is 0 Å². The Morgan fingerprint density at radius 1 is 0.812 bits per heavy atom. The number of nitrogens with zero attached hydrogens (tertiary/aromatic N) is 5. The van der Waals surface area contributed by atoms with Crippen LogP contribution in [0.2, 0.25) is 5.15 Å². The lowest BCUT2D eigenvalue weighted by atomic mass is 10.2. The van der Waals surface area contributed by atoms with E-state index in [0.717, 1.165) is 20.8 Å². The quantitative estimate of drug-likeness (QED) is 0.195. The maximum atomic E-state index is 12.5. The van der Waals surface area contributed by atoms with Crippen LogP contribution in [0.5, 0.6) is 0 Å². The third-order valence-corrected chi connectivity index (χ3v) is 9.67. The van der Waals surface area contributed by atoms with Crippen LogP contribution >= 0.6 is 59.4 Å². The van der Waals surface area contributed by atoms with E-state index in [1.807, 2.05) is 0 Å². The first kappa shape index (κ1) is 38.6. The molecule has 0 aromatic carbocycles. The average molecular weight is 879 g/mol. The number of aromatic nitrogens is 1. The number of amides is 7. The zero-order valence-corrected chi connectivity index (χ0v) is 30.9. The summed E-state index contributed by atoms with van der Waals surface area (Å²) in [5.41, 5.74) is 0.792. The fourth-order valence-electron chi connectivity index (χ4n) is 4.38. The number of ketones is 1. The van der Waals surface area contributed by atoms with Crippen LogP contribution in [0.4, 0.5) is 5.82 Å². The second-order valence-corrected chi connectivity index (χ2v) is 13.1. The summed E-state index contributed by atoms with van der Waals surface area (Å²) < 4.78 is 0.436. The third kappa shape index (κ3) is 8.58. The van der Waals surface area contributed by atoms with Gasteiger partial charge in [0.1, 0.15) is 11.0 Å². The number of hydrogen-bond acceptors (Lipinski definition) is 10. The van der Waals surface area contributed by atoms with E-state index >= 15 is 0 Å². The average Bonchev–Trinajstić information content (AvgIpc) is 3.47. The van der Waals surface area contributed by atoms with Gasteiger partial charge >= 0.3 is 5.97 Å². The molecule has 0 radical (unpaired) electrons. The number of carbonyl (C=O) groups is 9. The van der Waals surface area contributed by atoms with Gasteiger partial charge in [-0.25, -0.2) is 9.88 Å². The van der Waals surface area contributed by atoms with E-state index in [-0.39, 0.29) is 79.5 Å².